The molecule has 1 aromatic carbocycles. The number of sulfonamides is 1. The van der Waals surface area contributed by atoms with Crippen LogP contribution in [0.3, 0.4) is 0 Å². The van der Waals surface area contributed by atoms with Crippen LogP contribution in [0.2, 0.25) is 0 Å². The first kappa shape index (κ1) is 20.2. The summed E-state index contributed by atoms with van der Waals surface area (Å²) in [6, 6.07) is 5.99. The van der Waals surface area contributed by atoms with Crippen LogP contribution in [0.15, 0.2) is 24.3 Å². The average molecular weight is 368 g/mol. The molecule has 1 rings (SSSR count). The zero-order valence-corrected chi connectivity index (χ0v) is 14.0. The molecule has 2 N–H and O–H groups in total. The number of carbonyl (C=O) groups is 1. The van der Waals surface area contributed by atoms with Crippen LogP contribution >= 0.6 is 0 Å². The summed E-state index contributed by atoms with van der Waals surface area (Å²) in [4.78, 5) is 11.7. The minimum atomic E-state index is -4.42. The highest BCUT2D eigenvalue weighted by atomic mass is 32.2. The Kier molecular flexibility index (Phi) is 7.03. The van der Waals surface area contributed by atoms with Crippen LogP contribution in [0.4, 0.5) is 18.9 Å². The molecule has 24 heavy (non-hydrogen) atoms. The fraction of sp³-hybridized carbons (Fsp3) is 0.500. The lowest BCUT2D eigenvalue weighted by Crippen LogP contribution is -2.28. The van der Waals surface area contributed by atoms with Crippen LogP contribution in [0.5, 0.6) is 0 Å². The van der Waals surface area contributed by atoms with Gasteiger partial charge in [0.1, 0.15) is 6.61 Å². The van der Waals surface area contributed by atoms with E-state index in [4.69, 9.17) is 0 Å². The monoisotopic (exact) mass is 368 g/mol. The first-order valence-electron chi connectivity index (χ1n) is 6.98. The molecule has 10 heteroatoms. The van der Waals surface area contributed by atoms with Gasteiger partial charge in [0, 0.05) is 12.1 Å². The van der Waals surface area contributed by atoms with Crippen molar-refractivity contribution in [2.45, 2.75) is 25.6 Å². The Morgan fingerprint density at radius 1 is 1.33 bits per heavy atom. The van der Waals surface area contributed by atoms with E-state index in [1.165, 1.54) is 0 Å². The van der Waals surface area contributed by atoms with Crippen molar-refractivity contribution in [3.63, 3.8) is 0 Å². The van der Waals surface area contributed by atoms with E-state index in [1.807, 2.05) is 0 Å². The maximum Gasteiger partial charge on any atom is 0.411 e. The molecule has 0 saturated heterocycles. The van der Waals surface area contributed by atoms with Crippen molar-refractivity contribution >= 4 is 21.6 Å². The van der Waals surface area contributed by atoms with Crippen molar-refractivity contribution in [3.05, 3.63) is 29.8 Å². The molecule has 1 amide bonds. The second kappa shape index (κ2) is 8.34. The number of nitrogens with one attached hydrogen (secondary N) is 2. The topological polar surface area (TPSA) is 84.5 Å². The zero-order valence-electron chi connectivity index (χ0n) is 13.2. The molecular formula is C14H19F3N2O4S. The maximum atomic E-state index is 11.9. The molecule has 0 radical (unpaired) electrons. The molecule has 0 spiro atoms. The van der Waals surface area contributed by atoms with Crippen molar-refractivity contribution in [2.75, 3.05) is 24.2 Å². The normalized spacial score (nSPS) is 13.4. The number of rotatable bonds is 8. The van der Waals surface area contributed by atoms with Crippen LogP contribution in [0, 0.1) is 0 Å². The van der Waals surface area contributed by atoms with Gasteiger partial charge in [-0.25, -0.2) is 8.42 Å². The summed E-state index contributed by atoms with van der Waals surface area (Å²) in [5.74, 6) is -0.467. The number of halogens is 3. The van der Waals surface area contributed by atoms with Gasteiger partial charge in [-0.15, -0.1) is 0 Å². The van der Waals surface area contributed by atoms with Crippen molar-refractivity contribution in [1.29, 1.82) is 0 Å². The standard InChI is InChI=1S/C14H19F3N2O4S/c1-10(18-13(20)6-7-23-9-14(15,16)17)11-4-3-5-12(8-11)19-24(2,21)22/h3-5,8,10,19H,6-7,9H2,1-2H3,(H,18,20). The highest BCUT2D eigenvalue weighted by molar-refractivity contribution is 7.92. The third-order valence-electron chi connectivity index (χ3n) is 2.81. The number of anilines is 1. The summed E-state index contributed by atoms with van der Waals surface area (Å²) in [5, 5.41) is 2.61. The quantitative estimate of drug-likeness (QED) is 0.689. The minimum absolute atomic E-state index is 0.207. The number of alkyl halides is 3. The van der Waals surface area contributed by atoms with Crippen molar-refractivity contribution in [2.24, 2.45) is 0 Å². The van der Waals surface area contributed by atoms with E-state index in [0.29, 0.717) is 11.3 Å². The third-order valence-corrected chi connectivity index (χ3v) is 3.41. The summed E-state index contributed by atoms with van der Waals surface area (Å²) in [5.41, 5.74) is 0.998. The van der Waals surface area contributed by atoms with E-state index in [-0.39, 0.29) is 13.0 Å². The van der Waals surface area contributed by atoms with Crippen molar-refractivity contribution in [1.82, 2.24) is 5.32 Å². The van der Waals surface area contributed by atoms with Gasteiger partial charge in [0.05, 0.1) is 18.9 Å². The van der Waals surface area contributed by atoms with Crippen molar-refractivity contribution in [3.8, 4) is 0 Å². The highest BCUT2D eigenvalue weighted by Gasteiger charge is 2.27. The number of ether oxygens (including phenoxy) is 1. The first-order valence-corrected chi connectivity index (χ1v) is 8.87. The molecule has 1 atom stereocenters. The molecular weight excluding hydrogens is 349 g/mol. The average Bonchev–Trinajstić information content (AvgIpc) is 2.41. The Labute approximate surface area is 138 Å². The van der Waals surface area contributed by atoms with Gasteiger partial charge in [0.15, 0.2) is 0 Å². The number of hydrogen-bond acceptors (Lipinski definition) is 4. The van der Waals surface area contributed by atoms with Gasteiger partial charge in [-0.2, -0.15) is 13.2 Å². The fourth-order valence-corrected chi connectivity index (χ4v) is 2.39. The van der Waals surface area contributed by atoms with Crippen LogP contribution in [0.25, 0.3) is 0 Å². The van der Waals surface area contributed by atoms with Gasteiger partial charge < -0.3 is 10.1 Å². The zero-order chi connectivity index (χ0) is 18.4. The molecule has 0 aliphatic heterocycles. The van der Waals surface area contributed by atoms with E-state index < -0.39 is 34.8 Å². The van der Waals surface area contributed by atoms with Crippen molar-refractivity contribution < 1.29 is 31.1 Å². The second-order valence-corrected chi connectivity index (χ2v) is 6.96. The van der Waals surface area contributed by atoms with Crippen LogP contribution < -0.4 is 10.0 Å². The minimum Gasteiger partial charge on any atom is -0.372 e. The van der Waals surface area contributed by atoms with Gasteiger partial charge in [0.25, 0.3) is 0 Å². The molecule has 0 aromatic heterocycles. The molecule has 1 aromatic rings. The Morgan fingerprint density at radius 3 is 2.58 bits per heavy atom. The van der Waals surface area contributed by atoms with Crippen LogP contribution in [-0.4, -0.2) is 40.0 Å². The molecule has 0 saturated carbocycles. The molecule has 0 aliphatic carbocycles. The van der Waals surface area contributed by atoms with Crippen LogP contribution in [-0.2, 0) is 19.6 Å². The Bertz CT molecular complexity index is 662. The lowest BCUT2D eigenvalue weighted by atomic mass is 10.1. The van der Waals surface area contributed by atoms with E-state index in [0.717, 1.165) is 6.26 Å². The molecule has 0 fully saturated rings. The number of amides is 1. The first-order chi connectivity index (χ1) is 11.0. The summed E-state index contributed by atoms with van der Waals surface area (Å²) < 4.78 is 64.8. The van der Waals surface area contributed by atoms with E-state index in [9.17, 15) is 26.4 Å². The lowest BCUT2D eigenvalue weighted by molar-refractivity contribution is -0.174. The van der Waals surface area contributed by atoms with Gasteiger partial charge in [0.2, 0.25) is 15.9 Å². The summed E-state index contributed by atoms with van der Waals surface area (Å²) in [7, 11) is -3.42. The molecule has 0 bridgehead atoms. The van der Waals surface area contributed by atoms with Crippen LogP contribution in [0.1, 0.15) is 24.9 Å². The Morgan fingerprint density at radius 2 is 2.00 bits per heavy atom. The molecule has 0 heterocycles. The lowest BCUT2D eigenvalue weighted by Gasteiger charge is -2.16. The Hall–Kier alpha value is -1.81. The molecule has 136 valence electrons. The largest absolute Gasteiger partial charge is 0.411 e. The van der Waals surface area contributed by atoms with Gasteiger partial charge in [-0.3, -0.25) is 9.52 Å². The smallest absolute Gasteiger partial charge is 0.372 e. The molecule has 1 unspecified atom stereocenters. The van der Waals surface area contributed by atoms with E-state index in [1.54, 1.807) is 31.2 Å². The van der Waals surface area contributed by atoms with E-state index >= 15 is 0 Å². The summed E-state index contributed by atoms with van der Waals surface area (Å²) in [6.45, 7) is -0.0587. The highest BCUT2D eigenvalue weighted by Crippen LogP contribution is 2.18. The predicted octanol–water partition coefficient (Wildman–Crippen LogP) is 2.20. The second-order valence-electron chi connectivity index (χ2n) is 5.21. The molecule has 6 nitrogen and oxygen atoms in total. The molecule has 0 aliphatic rings. The third kappa shape index (κ3) is 8.73. The number of hydrogen-bond donors (Lipinski definition) is 2. The predicted molar refractivity (Wildman–Crippen MR) is 83.0 cm³/mol. The fourth-order valence-electron chi connectivity index (χ4n) is 1.84. The number of carbonyl (C=O) groups excluding carboxylic acids is 1. The van der Waals surface area contributed by atoms with Gasteiger partial charge >= 0.3 is 6.18 Å². The summed E-state index contributed by atoms with van der Waals surface area (Å²) in [6.07, 6.45) is -3.61. The number of benzene rings is 1. The Balaban J connectivity index is 2.51. The van der Waals surface area contributed by atoms with Gasteiger partial charge in [-0.05, 0) is 24.6 Å². The maximum absolute atomic E-state index is 11.9. The van der Waals surface area contributed by atoms with E-state index in [2.05, 4.69) is 14.8 Å². The van der Waals surface area contributed by atoms with Gasteiger partial charge in [-0.1, -0.05) is 12.1 Å². The summed E-state index contributed by atoms with van der Waals surface area (Å²) >= 11 is 0. The SMILES string of the molecule is CC(NC(=O)CCOCC(F)(F)F)c1cccc(NS(C)(=O)=O)c1.